The molecule has 0 amide bonds. The molecule has 0 rings (SSSR count). The molecule has 0 aromatic carbocycles. The molecule has 3 nitrogen and oxygen atoms in total. The summed E-state index contributed by atoms with van der Waals surface area (Å²) in [6.07, 6.45) is 2.93. The van der Waals surface area contributed by atoms with Gasteiger partial charge in [-0.3, -0.25) is 0 Å². The van der Waals surface area contributed by atoms with Gasteiger partial charge in [0.05, 0.1) is 13.2 Å². The van der Waals surface area contributed by atoms with Crippen LogP contribution in [0.15, 0.2) is 12.2 Å². The first-order chi connectivity index (χ1) is 4.18. The highest BCUT2D eigenvalue weighted by molar-refractivity contribution is 4.98. The molecular weight excluding hydrogens is 120 g/mol. The number of allylic oxidation sites excluding steroid dienone is 1. The van der Waals surface area contributed by atoms with E-state index in [0.717, 1.165) is 0 Å². The average Bonchev–Trinajstić information content (AvgIpc) is 1.89. The van der Waals surface area contributed by atoms with E-state index in [1.54, 1.807) is 13.0 Å². The Kier molecular flexibility index (Phi) is 3.46. The van der Waals surface area contributed by atoms with Crippen molar-refractivity contribution in [2.24, 2.45) is 0 Å². The summed E-state index contributed by atoms with van der Waals surface area (Å²) in [7, 11) is 0. The van der Waals surface area contributed by atoms with Crippen molar-refractivity contribution < 1.29 is 15.3 Å². The molecule has 0 saturated heterocycles. The van der Waals surface area contributed by atoms with E-state index in [1.807, 2.05) is 0 Å². The Morgan fingerprint density at radius 1 is 1.33 bits per heavy atom. The fraction of sp³-hybridized carbons (Fsp3) is 0.667. The average molecular weight is 132 g/mol. The molecule has 9 heavy (non-hydrogen) atoms. The van der Waals surface area contributed by atoms with Gasteiger partial charge in [-0.25, -0.2) is 0 Å². The van der Waals surface area contributed by atoms with E-state index in [1.165, 1.54) is 6.08 Å². The van der Waals surface area contributed by atoms with Crippen molar-refractivity contribution in [1.82, 2.24) is 0 Å². The van der Waals surface area contributed by atoms with E-state index in [9.17, 15) is 0 Å². The molecule has 54 valence electrons. The van der Waals surface area contributed by atoms with E-state index in [4.69, 9.17) is 15.3 Å². The molecule has 0 spiro atoms. The molecule has 0 unspecified atom stereocenters. The van der Waals surface area contributed by atoms with Crippen molar-refractivity contribution in [3.63, 3.8) is 0 Å². The van der Waals surface area contributed by atoms with Gasteiger partial charge >= 0.3 is 0 Å². The molecule has 0 aliphatic heterocycles. The standard InChI is InChI=1S/C6H12O3/c1-2-3-6(9,4-7)5-8/h2-3,7-9H,4-5H2,1H3. The highest BCUT2D eigenvalue weighted by Gasteiger charge is 2.19. The first-order valence-corrected chi connectivity index (χ1v) is 2.76. The lowest BCUT2D eigenvalue weighted by atomic mass is 10.1. The largest absolute Gasteiger partial charge is 0.393 e. The van der Waals surface area contributed by atoms with Crippen LogP contribution in [-0.2, 0) is 0 Å². The third-order valence-corrected chi connectivity index (χ3v) is 1.02. The lowest BCUT2D eigenvalue weighted by molar-refractivity contribution is -0.0171. The fourth-order valence-electron chi connectivity index (χ4n) is 0.466. The predicted octanol–water partition coefficient (Wildman–Crippen LogP) is -0.722. The molecule has 0 bridgehead atoms. The van der Waals surface area contributed by atoms with Crippen LogP contribution in [0.2, 0.25) is 0 Å². The quantitative estimate of drug-likeness (QED) is 0.444. The molecule has 0 heterocycles. The summed E-state index contributed by atoms with van der Waals surface area (Å²) in [5.74, 6) is 0. The highest BCUT2D eigenvalue weighted by atomic mass is 16.4. The summed E-state index contributed by atoms with van der Waals surface area (Å²) in [4.78, 5) is 0. The van der Waals surface area contributed by atoms with Crippen molar-refractivity contribution in [2.45, 2.75) is 12.5 Å². The van der Waals surface area contributed by atoms with Crippen LogP contribution in [0, 0.1) is 0 Å². The lowest BCUT2D eigenvalue weighted by Crippen LogP contribution is -2.34. The van der Waals surface area contributed by atoms with E-state index in [-0.39, 0.29) is 0 Å². The van der Waals surface area contributed by atoms with Crippen molar-refractivity contribution in [3.05, 3.63) is 12.2 Å². The van der Waals surface area contributed by atoms with Gasteiger partial charge in [-0.15, -0.1) is 0 Å². The summed E-state index contributed by atoms with van der Waals surface area (Å²) < 4.78 is 0. The molecular formula is C6H12O3. The maximum Gasteiger partial charge on any atom is 0.129 e. The van der Waals surface area contributed by atoms with Gasteiger partial charge in [0.15, 0.2) is 0 Å². The van der Waals surface area contributed by atoms with Crippen molar-refractivity contribution >= 4 is 0 Å². The second-order valence-electron chi connectivity index (χ2n) is 1.92. The zero-order valence-electron chi connectivity index (χ0n) is 5.41. The van der Waals surface area contributed by atoms with Crippen LogP contribution >= 0.6 is 0 Å². The zero-order valence-corrected chi connectivity index (χ0v) is 5.41. The minimum absolute atomic E-state index is 0.451. The monoisotopic (exact) mass is 132 g/mol. The van der Waals surface area contributed by atoms with E-state index >= 15 is 0 Å². The van der Waals surface area contributed by atoms with Crippen LogP contribution < -0.4 is 0 Å². The van der Waals surface area contributed by atoms with Crippen LogP contribution in [-0.4, -0.2) is 34.1 Å². The third-order valence-electron chi connectivity index (χ3n) is 1.02. The third kappa shape index (κ3) is 2.60. The van der Waals surface area contributed by atoms with E-state index < -0.39 is 18.8 Å². The molecule has 0 saturated carbocycles. The van der Waals surface area contributed by atoms with Gasteiger partial charge in [0, 0.05) is 0 Å². The first-order valence-electron chi connectivity index (χ1n) is 2.76. The minimum atomic E-state index is -1.44. The molecule has 0 aliphatic carbocycles. The summed E-state index contributed by atoms with van der Waals surface area (Å²) in [6, 6.07) is 0. The number of hydrogen-bond donors (Lipinski definition) is 3. The number of hydrogen-bond acceptors (Lipinski definition) is 3. The Hall–Kier alpha value is -0.380. The number of rotatable bonds is 3. The van der Waals surface area contributed by atoms with Crippen molar-refractivity contribution in [3.8, 4) is 0 Å². The molecule has 0 aromatic heterocycles. The second-order valence-corrected chi connectivity index (χ2v) is 1.92. The van der Waals surface area contributed by atoms with Gasteiger partial charge in [0.2, 0.25) is 0 Å². The van der Waals surface area contributed by atoms with Gasteiger partial charge in [0.1, 0.15) is 5.60 Å². The van der Waals surface area contributed by atoms with Gasteiger partial charge in [-0.1, -0.05) is 12.2 Å². The summed E-state index contributed by atoms with van der Waals surface area (Å²) >= 11 is 0. The predicted molar refractivity (Wildman–Crippen MR) is 33.9 cm³/mol. The van der Waals surface area contributed by atoms with Gasteiger partial charge in [-0.2, -0.15) is 0 Å². The van der Waals surface area contributed by atoms with Crippen molar-refractivity contribution in [2.75, 3.05) is 13.2 Å². The lowest BCUT2D eigenvalue weighted by Gasteiger charge is -2.17. The Labute approximate surface area is 54.3 Å². The Bertz CT molecular complexity index is 94.5. The van der Waals surface area contributed by atoms with E-state index in [0.29, 0.717) is 0 Å². The Morgan fingerprint density at radius 3 is 1.89 bits per heavy atom. The highest BCUT2D eigenvalue weighted by Crippen LogP contribution is 2.02. The van der Waals surface area contributed by atoms with Crippen molar-refractivity contribution in [1.29, 1.82) is 0 Å². The molecule has 3 N–H and O–H groups in total. The van der Waals surface area contributed by atoms with Crippen LogP contribution in [0.3, 0.4) is 0 Å². The Morgan fingerprint density at radius 2 is 1.78 bits per heavy atom. The smallest absolute Gasteiger partial charge is 0.129 e. The summed E-state index contributed by atoms with van der Waals surface area (Å²) in [5, 5.41) is 26.0. The van der Waals surface area contributed by atoms with Crippen LogP contribution in [0.25, 0.3) is 0 Å². The topological polar surface area (TPSA) is 60.7 Å². The second kappa shape index (κ2) is 3.61. The molecule has 0 atom stereocenters. The Balaban J connectivity index is 3.92. The normalized spacial score (nSPS) is 12.9. The molecule has 0 aromatic rings. The maximum atomic E-state index is 9.04. The van der Waals surface area contributed by atoms with Gasteiger partial charge in [0.25, 0.3) is 0 Å². The van der Waals surface area contributed by atoms with Crippen LogP contribution in [0.4, 0.5) is 0 Å². The zero-order chi connectivity index (χ0) is 7.33. The number of aliphatic hydroxyl groups excluding tert-OH is 2. The molecule has 0 aliphatic rings. The summed E-state index contributed by atoms with van der Waals surface area (Å²) in [6.45, 7) is 0.804. The van der Waals surface area contributed by atoms with Crippen LogP contribution in [0.5, 0.6) is 0 Å². The minimum Gasteiger partial charge on any atom is -0.393 e. The number of aliphatic hydroxyl groups is 3. The van der Waals surface area contributed by atoms with E-state index in [2.05, 4.69) is 0 Å². The van der Waals surface area contributed by atoms with Gasteiger partial charge in [-0.05, 0) is 6.92 Å². The maximum absolute atomic E-state index is 9.04. The SMILES string of the molecule is CC=CC(O)(CO)CO. The summed E-state index contributed by atoms with van der Waals surface area (Å²) in [5.41, 5.74) is -1.44. The molecule has 3 heteroatoms. The van der Waals surface area contributed by atoms with Gasteiger partial charge < -0.3 is 15.3 Å². The molecule has 0 fully saturated rings. The van der Waals surface area contributed by atoms with Crippen LogP contribution in [0.1, 0.15) is 6.92 Å². The molecule has 0 radical (unpaired) electrons. The first kappa shape index (κ1) is 8.62. The fourth-order valence-corrected chi connectivity index (χ4v) is 0.466.